The number of benzene rings is 2. The van der Waals surface area contributed by atoms with Crippen LogP contribution in [0.1, 0.15) is 0 Å². The maximum Gasteiger partial charge on any atom is 0.262 e. The summed E-state index contributed by atoms with van der Waals surface area (Å²) >= 11 is 11.6. The lowest BCUT2D eigenvalue weighted by atomic mass is 10.3. The van der Waals surface area contributed by atoms with Crippen LogP contribution in [-0.4, -0.2) is 12.5 Å². The number of nitrogens with two attached hydrogens (primary N) is 1. The molecule has 0 saturated heterocycles. The summed E-state index contributed by atoms with van der Waals surface area (Å²) in [4.78, 5) is 11.7. The van der Waals surface area contributed by atoms with E-state index in [-0.39, 0.29) is 12.5 Å². The van der Waals surface area contributed by atoms with Gasteiger partial charge in [0.15, 0.2) is 6.61 Å². The summed E-state index contributed by atoms with van der Waals surface area (Å²) < 4.78 is 5.32. The average molecular weight is 311 g/mol. The summed E-state index contributed by atoms with van der Waals surface area (Å²) in [5, 5.41) is 3.48. The molecular formula is C14H12Cl2N2O2. The van der Waals surface area contributed by atoms with Crippen LogP contribution in [0, 0.1) is 0 Å². The molecule has 0 aliphatic heterocycles. The Morgan fingerprint density at radius 2 is 1.95 bits per heavy atom. The van der Waals surface area contributed by atoms with Gasteiger partial charge in [0.2, 0.25) is 0 Å². The Kier molecular flexibility index (Phi) is 4.71. The van der Waals surface area contributed by atoms with E-state index in [2.05, 4.69) is 5.32 Å². The fourth-order valence-electron chi connectivity index (χ4n) is 1.53. The van der Waals surface area contributed by atoms with Crippen LogP contribution >= 0.6 is 23.2 Å². The van der Waals surface area contributed by atoms with E-state index < -0.39 is 0 Å². The molecule has 20 heavy (non-hydrogen) atoms. The predicted molar refractivity (Wildman–Crippen MR) is 81.4 cm³/mol. The number of nitrogens with one attached hydrogen (secondary N) is 1. The SMILES string of the molecule is Nc1cccc(NC(=O)COc2ccc(Cl)c(Cl)c2)c1. The number of rotatable bonds is 4. The van der Waals surface area contributed by atoms with Gasteiger partial charge in [-0.25, -0.2) is 0 Å². The number of carbonyl (C=O) groups excluding carboxylic acids is 1. The molecule has 0 aliphatic carbocycles. The van der Waals surface area contributed by atoms with Gasteiger partial charge < -0.3 is 15.8 Å². The molecule has 2 rings (SSSR count). The molecule has 0 bridgehead atoms. The molecule has 0 aromatic heterocycles. The summed E-state index contributed by atoms with van der Waals surface area (Å²) in [7, 11) is 0. The number of hydrogen-bond donors (Lipinski definition) is 2. The normalized spacial score (nSPS) is 10.1. The van der Waals surface area contributed by atoms with Crippen LogP contribution < -0.4 is 15.8 Å². The van der Waals surface area contributed by atoms with E-state index >= 15 is 0 Å². The summed E-state index contributed by atoms with van der Waals surface area (Å²) in [6.45, 7) is -0.132. The Labute approximate surface area is 126 Å². The number of nitrogen functional groups attached to an aromatic ring is 1. The molecule has 0 aliphatic rings. The lowest BCUT2D eigenvalue weighted by Crippen LogP contribution is -2.20. The molecule has 2 aromatic rings. The smallest absolute Gasteiger partial charge is 0.262 e. The molecule has 3 N–H and O–H groups in total. The zero-order chi connectivity index (χ0) is 14.5. The van der Waals surface area contributed by atoms with Crippen molar-refractivity contribution in [3.63, 3.8) is 0 Å². The van der Waals surface area contributed by atoms with Crippen molar-refractivity contribution in [2.24, 2.45) is 0 Å². The third-order valence-corrected chi connectivity index (χ3v) is 3.17. The highest BCUT2D eigenvalue weighted by atomic mass is 35.5. The highest BCUT2D eigenvalue weighted by molar-refractivity contribution is 6.42. The number of amides is 1. The first-order valence-electron chi connectivity index (χ1n) is 5.78. The summed E-state index contributed by atoms with van der Waals surface area (Å²) in [5.41, 5.74) is 6.82. The van der Waals surface area contributed by atoms with E-state index in [1.54, 1.807) is 42.5 Å². The maximum absolute atomic E-state index is 11.7. The van der Waals surface area contributed by atoms with E-state index in [0.29, 0.717) is 27.2 Å². The summed E-state index contributed by atoms with van der Waals surface area (Å²) in [5.74, 6) is 0.184. The third kappa shape index (κ3) is 4.05. The number of carbonyl (C=O) groups is 1. The van der Waals surface area contributed by atoms with Gasteiger partial charge in [0.05, 0.1) is 10.0 Å². The summed E-state index contributed by atoms with van der Waals surface area (Å²) in [6.07, 6.45) is 0. The van der Waals surface area contributed by atoms with E-state index in [1.807, 2.05) is 0 Å². The Morgan fingerprint density at radius 3 is 2.65 bits per heavy atom. The standard InChI is InChI=1S/C14H12Cl2N2O2/c15-12-5-4-11(7-13(12)16)20-8-14(19)18-10-3-1-2-9(17)6-10/h1-7H,8,17H2,(H,18,19). The Hall–Kier alpha value is -1.91. The van der Waals surface area contributed by atoms with Crippen molar-refractivity contribution in [3.8, 4) is 5.75 Å². The van der Waals surface area contributed by atoms with Gasteiger partial charge in [0.1, 0.15) is 5.75 Å². The minimum absolute atomic E-state index is 0.132. The van der Waals surface area contributed by atoms with Crippen LogP contribution in [0.25, 0.3) is 0 Å². The zero-order valence-electron chi connectivity index (χ0n) is 10.4. The molecule has 4 nitrogen and oxygen atoms in total. The van der Waals surface area contributed by atoms with Crippen molar-refractivity contribution in [2.45, 2.75) is 0 Å². The van der Waals surface area contributed by atoms with Gasteiger partial charge in [-0.1, -0.05) is 29.3 Å². The van der Waals surface area contributed by atoms with Crippen molar-refractivity contribution < 1.29 is 9.53 Å². The largest absolute Gasteiger partial charge is 0.484 e. The molecule has 0 fully saturated rings. The second kappa shape index (κ2) is 6.50. The highest BCUT2D eigenvalue weighted by Crippen LogP contribution is 2.26. The second-order valence-electron chi connectivity index (χ2n) is 4.04. The number of halogens is 2. The molecule has 6 heteroatoms. The molecule has 0 heterocycles. The monoisotopic (exact) mass is 310 g/mol. The van der Waals surface area contributed by atoms with E-state index in [0.717, 1.165) is 0 Å². The number of ether oxygens (including phenoxy) is 1. The van der Waals surface area contributed by atoms with E-state index in [1.165, 1.54) is 0 Å². The lowest BCUT2D eigenvalue weighted by molar-refractivity contribution is -0.118. The zero-order valence-corrected chi connectivity index (χ0v) is 11.9. The first kappa shape index (κ1) is 14.5. The Balaban J connectivity index is 1.90. The first-order valence-corrected chi connectivity index (χ1v) is 6.53. The molecule has 1 amide bonds. The van der Waals surface area contributed by atoms with Gasteiger partial charge in [-0.3, -0.25) is 4.79 Å². The van der Waals surface area contributed by atoms with Gasteiger partial charge in [-0.15, -0.1) is 0 Å². The van der Waals surface area contributed by atoms with Crippen LogP contribution in [0.15, 0.2) is 42.5 Å². The number of hydrogen-bond acceptors (Lipinski definition) is 3. The first-order chi connectivity index (χ1) is 9.54. The Bertz CT molecular complexity index is 632. The van der Waals surface area contributed by atoms with Gasteiger partial charge in [-0.05, 0) is 30.3 Å². The molecular weight excluding hydrogens is 299 g/mol. The van der Waals surface area contributed by atoms with Gasteiger partial charge in [0.25, 0.3) is 5.91 Å². The highest BCUT2D eigenvalue weighted by Gasteiger charge is 2.05. The van der Waals surface area contributed by atoms with Crippen molar-refractivity contribution in [2.75, 3.05) is 17.7 Å². The van der Waals surface area contributed by atoms with E-state index in [4.69, 9.17) is 33.7 Å². The minimum atomic E-state index is -0.290. The average Bonchev–Trinajstić information content (AvgIpc) is 2.40. The quantitative estimate of drug-likeness (QED) is 0.848. The predicted octanol–water partition coefficient (Wildman–Crippen LogP) is 3.59. The van der Waals surface area contributed by atoms with Crippen molar-refractivity contribution in [1.82, 2.24) is 0 Å². The van der Waals surface area contributed by atoms with E-state index in [9.17, 15) is 4.79 Å². The molecule has 0 spiro atoms. The van der Waals surface area contributed by atoms with Crippen LogP contribution in [0.4, 0.5) is 11.4 Å². The van der Waals surface area contributed by atoms with Gasteiger partial charge >= 0.3 is 0 Å². The second-order valence-corrected chi connectivity index (χ2v) is 4.85. The summed E-state index contributed by atoms with van der Waals surface area (Å²) in [6, 6.07) is 11.7. The fourth-order valence-corrected chi connectivity index (χ4v) is 1.82. The molecule has 0 atom stereocenters. The van der Waals surface area contributed by atoms with Crippen LogP contribution in [-0.2, 0) is 4.79 Å². The topological polar surface area (TPSA) is 64.3 Å². The Morgan fingerprint density at radius 1 is 1.15 bits per heavy atom. The maximum atomic E-state index is 11.7. The molecule has 0 saturated carbocycles. The van der Waals surface area contributed by atoms with Crippen molar-refractivity contribution in [1.29, 1.82) is 0 Å². The molecule has 0 unspecified atom stereocenters. The molecule has 2 aromatic carbocycles. The van der Waals surface area contributed by atoms with Crippen molar-refractivity contribution in [3.05, 3.63) is 52.5 Å². The van der Waals surface area contributed by atoms with Crippen LogP contribution in [0.5, 0.6) is 5.75 Å². The number of anilines is 2. The van der Waals surface area contributed by atoms with Gasteiger partial charge in [-0.2, -0.15) is 0 Å². The van der Waals surface area contributed by atoms with Crippen molar-refractivity contribution >= 4 is 40.5 Å². The molecule has 0 radical (unpaired) electrons. The lowest BCUT2D eigenvalue weighted by Gasteiger charge is -2.08. The third-order valence-electron chi connectivity index (χ3n) is 2.43. The van der Waals surface area contributed by atoms with Crippen LogP contribution in [0.2, 0.25) is 10.0 Å². The van der Waals surface area contributed by atoms with Crippen LogP contribution in [0.3, 0.4) is 0 Å². The van der Waals surface area contributed by atoms with Gasteiger partial charge in [0, 0.05) is 17.4 Å². The minimum Gasteiger partial charge on any atom is -0.484 e. The fraction of sp³-hybridized carbons (Fsp3) is 0.0714. The molecule has 104 valence electrons.